The summed E-state index contributed by atoms with van der Waals surface area (Å²) in [7, 11) is 1.62. The zero-order valence-corrected chi connectivity index (χ0v) is 82.9. The van der Waals surface area contributed by atoms with Crippen molar-refractivity contribution in [2.75, 3.05) is 151 Å². The number of benzene rings is 3. The SMILES string of the molecule is C=C(C)C(=O)Oc1ccc(CCC#N)cc1.C=CC(=O)OC1CC2CC(C#N)C1C2.C=CC(=O)OCCOCC.C=CC(=O)OCCOCC.C=CC(=O)OCCOCCOCCOC.C=CC(=O)OCCOCCOCCOCC.C=CC(=O)OCCSCC.C=CC(=O)OCc1ccc(C#N)cc1.C=CC(=O)OCc1ccccc1C#N.C=CC(=O)OCc1ccncc1.C=CC(=O)OCc1ccoc1. The molecule has 2 aliphatic carbocycles. The van der Waals surface area contributed by atoms with Crippen LogP contribution in [0.4, 0.5) is 0 Å². The van der Waals surface area contributed by atoms with E-state index in [0.29, 0.717) is 166 Å². The van der Waals surface area contributed by atoms with Crippen molar-refractivity contribution >= 4 is 77.4 Å². The van der Waals surface area contributed by atoms with Gasteiger partial charge >= 0.3 is 65.7 Å². The molecule has 2 bridgehead atoms. The summed E-state index contributed by atoms with van der Waals surface area (Å²) in [4.78, 5) is 121. The molecule has 2 aliphatic rings. The Balaban J connectivity index is -0.000000740. The number of hydrogen-bond donors (Lipinski definition) is 0. The van der Waals surface area contributed by atoms with E-state index in [2.05, 4.69) is 106 Å². The fraction of sp³-hybridized carbons (Fsp3) is 0.390. The highest BCUT2D eigenvalue weighted by atomic mass is 32.2. The topological polar surface area (TPSA) is 484 Å². The third kappa shape index (κ3) is 81.4. The fourth-order valence-electron chi connectivity index (χ4n) is 9.80. The summed E-state index contributed by atoms with van der Waals surface area (Å²) in [5.74, 6) is -1.19. The first-order valence-electron chi connectivity index (χ1n) is 44.3. The van der Waals surface area contributed by atoms with Crippen molar-refractivity contribution in [1.29, 1.82) is 21.0 Å². The second kappa shape index (κ2) is 96.6. The molecule has 2 heterocycles. The van der Waals surface area contributed by atoms with Gasteiger partial charge in [0.2, 0.25) is 0 Å². The number of aryl methyl sites for hydroxylation is 1. The number of ether oxygens (including phenoxy) is 19. The van der Waals surface area contributed by atoms with E-state index in [1.807, 2.05) is 45.0 Å². The van der Waals surface area contributed by atoms with E-state index in [1.165, 1.54) is 24.7 Å². The zero-order valence-electron chi connectivity index (χ0n) is 82.1. The van der Waals surface area contributed by atoms with Crippen LogP contribution in [-0.2, 0) is 171 Å². The Labute approximate surface area is 837 Å². The van der Waals surface area contributed by atoms with Crippen LogP contribution in [0.5, 0.6) is 5.75 Å². The molecule has 0 spiro atoms. The molecule has 772 valence electrons. The molecular formula is C105H135N5O31S. The number of rotatable bonds is 54. The van der Waals surface area contributed by atoms with Gasteiger partial charge in [0, 0.05) is 135 Å². The highest BCUT2D eigenvalue weighted by Crippen LogP contribution is 2.49. The van der Waals surface area contributed by atoms with Crippen molar-refractivity contribution in [3.8, 4) is 30.0 Å². The molecule has 3 aromatic carbocycles. The predicted molar refractivity (Wildman–Crippen MR) is 529 cm³/mol. The minimum Gasteiger partial charge on any atom is -0.472 e. The summed E-state index contributed by atoms with van der Waals surface area (Å²) in [6.45, 7) is 56.0. The molecule has 0 N–H and O–H groups in total. The van der Waals surface area contributed by atoms with Gasteiger partial charge in [0.15, 0.2) is 0 Å². The number of methoxy groups -OCH3 is 1. The number of nitriles is 4. The molecule has 142 heavy (non-hydrogen) atoms. The quantitative estimate of drug-likeness (QED) is 0.0115. The molecule has 0 radical (unpaired) electrons. The average molecular weight is 2000 g/mol. The molecule has 7 rings (SSSR count). The van der Waals surface area contributed by atoms with Crippen LogP contribution >= 0.6 is 11.8 Å². The Kier molecular flexibility index (Phi) is 91.0. The summed E-state index contributed by atoms with van der Waals surface area (Å²) in [6.07, 6.45) is 21.8. The Morgan fingerprint density at radius 1 is 0.423 bits per heavy atom. The lowest BCUT2D eigenvalue weighted by Gasteiger charge is -2.24. The van der Waals surface area contributed by atoms with Gasteiger partial charge in [0.1, 0.15) is 71.3 Å². The van der Waals surface area contributed by atoms with Crippen molar-refractivity contribution in [3.63, 3.8) is 0 Å². The third-order valence-corrected chi connectivity index (χ3v) is 17.5. The van der Waals surface area contributed by atoms with Crippen LogP contribution in [0, 0.1) is 63.1 Å². The lowest BCUT2D eigenvalue weighted by atomic mass is 9.88. The number of thioether (sulfide) groups is 1. The number of esters is 11. The maximum atomic E-state index is 11.2. The van der Waals surface area contributed by atoms with Gasteiger partial charge in [0.05, 0.1) is 133 Å². The van der Waals surface area contributed by atoms with E-state index in [4.69, 9.17) is 106 Å². The van der Waals surface area contributed by atoms with E-state index in [-0.39, 0.29) is 69.5 Å². The number of carbonyl (C=O) groups is 11. The number of aromatic nitrogens is 1. The maximum Gasteiger partial charge on any atom is 0.338 e. The molecule has 0 amide bonds. The van der Waals surface area contributed by atoms with Crippen LogP contribution in [0.2, 0.25) is 0 Å². The van der Waals surface area contributed by atoms with Crippen LogP contribution in [-0.4, -0.2) is 228 Å². The monoisotopic (exact) mass is 1990 g/mol. The first-order chi connectivity index (χ1) is 68.6. The number of furan rings is 1. The number of pyridine rings is 1. The van der Waals surface area contributed by atoms with Crippen molar-refractivity contribution in [2.45, 2.75) is 99.3 Å². The van der Waals surface area contributed by atoms with Crippen molar-refractivity contribution in [3.05, 3.63) is 294 Å². The fourth-order valence-corrected chi connectivity index (χ4v) is 10.3. The van der Waals surface area contributed by atoms with Crippen LogP contribution in [0.15, 0.2) is 259 Å². The highest BCUT2D eigenvalue weighted by Gasteiger charge is 2.48. The Morgan fingerprint density at radius 3 is 1.19 bits per heavy atom. The minimum absolute atomic E-state index is 0.0381. The number of nitrogens with zero attached hydrogens (tertiary/aromatic N) is 5. The second-order valence-electron chi connectivity index (χ2n) is 27.0. The number of hydrogen-bond acceptors (Lipinski definition) is 37. The second-order valence-corrected chi connectivity index (χ2v) is 28.4. The van der Waals surface area contributed by atoms with Gasteiger partial charge in [-0.3, -0.25) is 4.98 Å². The van der Waals surface area contributed by atoms with Gasteiger partial charge in [-0.15, -0.1) is 0 Å². The summed E-state index contributed by atoms with van der Waals surface area (Å²) < 4.78 is 97.8. The minimum atomic E-state index is -0.488. The van der Waals surface area contributed by atoms with Gasteiger partial charge in [-0.25, -0.2) is 52.7 Å². The van der Waals surface area contributed by atoms with E-state index in [1.54, 1.807) is 117 Å². The molecule has 2 fully saturated rings. The normalized spacial score (nSPS) is 12.2. The lowest BCUT2D eigenvalue weighted by molar-refractivity contribution is -0.146. The molecule has 4 unspecified atom stereocenters. The van der Waals surface area contributed by atoms with Gasteiger partial charge in [-0.2, -0.15) is 32.8 Å². The molecule has 0 saturated heterocycles. The van der Waals surface area contributed by atoms with Crippen LogP contribution in [0.3, 0.4) is 0 Å². The summed E-state index contributed by atoms with van der Waals surface area (Å²) in [5, 5.41) is 34.6. The van der Waals surface area contributed by atoms with Gasteiger partial charge < -0.3 is 94.4 Å². The molecule has 0 aliphatic heterocycles. The van der Waals surface area contributed by atoms with E-state index < -0.39 is 53.7 Å². The maximum absolute atomic E-state index is 11.2. The first-order valence-corrected chi connectivity index (χ1v) is 45.4. The lowest BCUT2D eigenvalue weighted by Crippen LogP contribution is -2.28. The van der Waals surface area contributed by atoms with Crippen LogP contribution in [0.1, 0.15) is 99.2 Å². The summed E-state index contributed by atoms with van der Waals surface area (Å²) >= 11 is 1.75. The van der Waals surface area contributed by atoms with E-state index in [0.717, 1.165) is 102 Å². The summed E-state index contributed by atoms with van der Waals surface area (Å²) in [5.41, 5.74) is 5.82. The first kappa shape index (κ1) is 134. The van der Waals surface area contributed by atoms with Gasteiger partial charge in [-0.1, -0.05) is 122 Å². The molecule has 36 nitrogen and oxygen atoms in total. The third-order valence-electron chi connectivity index (χ3n) is 16.6. The number of carbonyl (C=O) groups excluding carboxylic acids is 11. The van der Waals surface area contributed by atoms with Crippen molar-refractivity contribution in [2.24, 2.45) is 17.8 Å². The molecule has 2 aromatic heterocycles. The van der Waals surface area contributed by atoms with E-state index >= 15 is 0 Å². The Bertz CT molecular complexity index is 4560. The zero-order chi connectivity index (χ0) is 107. The van der Waals surface area contributed by atoms with Crippen molar-refractivity contribution < 1.29 is 147 Å². The summed E-state index contributed by atoms with van der Waals surface area (Å²) in [6, 6.07) is 34.7. The van der Waals surface area contributed by atoms with Crippen molar-refractivity contribution in [1.82, 2.24) is 4.98 Å². The molecule has 2 saturated carbocycles. The van der Waals surface area contributed by atoms with Gasteiger partial charge in [-0.05, 0) is 130 Å². The van der Waals surface area contributed by atoms with E-state index in [9.17, 15) is 52.7 Å². The average Bonchev–Trinajstić information content (AvgIpc) is 1.64. The largest absolute Gasteiger partial charge is 0.472 e. The van der Waals surface area contributed by atoms with Crippen LogP contribution < -0.4 is 4.74 Å². The smallest absolute Gasteiger partial charge is 0.338 e. The molecule has 37 heteroatoms. The molecular weight excluding hydrogens is 1860 g/mol. The predicted octanol–water partition coefficient (Wildman–Crippen LogP) is 14.8. The van der Waals surface area contributed by atoms with Crippen LogP contribution in [0.25, 0.3) is 0 Å². The Morgan fingerprint density at radius 2 is 0.810 bits per heavy atom. The highest BCUT2D eigenvalue weighted by molar-refractivity contribution is 7.99. The molecule has 5 aromatic rings. The van der Waals surface area contributed by atoms with Gasteiger partial charge in [0.25, 0.3) is 0 Å². The number of fused-ring (bicyclic) bond motifs is 2. The molecule has 4 atom stereocenters. The standard InChI is InChI=1S/C13H13NO2.C11H13NO2.2C11H9NO2.C11H20O5.C10H18O5.C9H9NO2.C8H8O3.2C7H12O3.C7H12O2S/c1-10(2)13(15)16-12-7-5-11(6-8-12)4-3-9-14;1-2-11(13)14-10-5-7-3-8(6-12)9(10)4-7;1-2-11(13)14-8-10-5-3-9(7-12)4-6-10;1-2-11(13)14-8-10-6-4-3-5-9(10)7-12;1-3-11(12)16-10-9-15-8-7-14-6-5-13-4-2;1-3-10(11)15-9-8-14-7-6-13-5-4-12-2;1-2-9(11)12-7-8-3-5-10-6-4-8;1-2-8(9)11-6-7-3-4-10-5-7;2*1-3-7(8)10-6-5-9-4-2;1-3-7(8)9-5-6-10-4-2/h5-8H,1,3-4H2,2H3;2,7-10H,1,3-5H2;2*2-6H,1,8H2;3H,1,4-10H2,2H3;3H,1,4-9H2,2H3;2-6H,1,7H2;2-5H,1,6H2;3*3H,1,4-6H2,2H3. The Hall–Kier alpha value is -14.6.